The van der Waals surface area contributed by atoms with Crippen LogP contribution in [0.5, 0.6) is 0 Å². The number of benzene rings is 2. The van der Waals surface area contributed by atoms with E-state index in [9.17, 15) is 14.0 Å². The van der Waals surface area contributed by atoms with Crippen molar-refractivity contribution >= 4 is 5.91 Å². The molecule has 0 radical (unpaired) electrons. The maximum Gasteiger partial charge on any atom is 0.271 e. The molecule has 1 aliphatic heterocycles. The van der Waals surface area contributed by atoms with Crippen molar-refractivity contribution in [2.45, 2.75) is 32.4 Å². The summed E-state index contributed by atoms with van der Waals surface area (Å²) in [5, 5.41) is 7.21. The Morgan fingerprint density at radius 1 is 1.10 bits per heavy atom. The lowest BCUT2D eigenvalue weighted by molar-refractivity contribution is 0.0902. The van der Waals surface area contributed by atoms with E-state index in [-0.39, 0.29) is 23.2 Å². The molecule has 1 aliphatic rings. The fraction of sp³-hybridized carbons (Fsp3) is 0.292. The molecule has 1 N–H and O–H groups in total. The number of hydrogen-bond acceptors (Lipinski definition) is 4. The molecule has 1 amide bonds. The van der Waals surface area contributed by atoms with Gasteiger partial charge in [0.1, 0.15) is 11.5 Å². The molecule has 160 valence electrons. The molecule has 1 fully saturated rings. The molecule has 0 bridgehead atoms. The van der Waals surface area contributed by atoms with Crippen LogP contribution in [0.2, 0.25) is 0 Å². The maximum atomic E-state index is 13.2. The van der Waals surface area contributed by atoms with Crippen LogP contribution in [-0.4, -0.2) is 39.7 Å². The highest BCUT2D eigenvalue weighted by atomic mass is 19.1. The van der Waals surface area contributed by atoms with Crippen LogP contribution in [-0.2, 0) is 6.54 Å². The largest absolute Gasteiger partial charge is 0.348 e. The average molecular weight is 420 g/mol. The molecule has 4 rings (SSSR count). The zero-order valence-corrected chi connectivity index (χ0v) is 17.4. The molecule has 0 saturated carbocycles. The van der Waals surface area contributed by atoms with Gasteiger partial charge in [-0.3, -0.25) is 14.5 Å². The average Bonchev–Trinajstić information content (AvgIpc) is 2.76. The number of halogens is 1. The third-order valence-corrected chi connectivity index (χ3v) is 5.52. The topological polar surface area (TPSA) is 67.2 Å². The van der Waals surface area contributed by atoms with Crippen LogP contribution in [0.3, 0.4) is 0 Å². The quantitative estimate of drug-likeness (QED) is 0.689. The molecule has 1 saturated heterocycles. The van der Waals surface area contributed by atoms with Gasteiger partial charge in [0, 0.05) is 31.7 Å². The Morgan fingerprint density at radius 3 is 2.55 bits per heavy atom. The smallest absolute Gasteiger partial charge is 0.271 e. The zero-order valence-electron chi connectivity index (χ0n) is 17.4. The highest BCUT2D eigenvalue weighted by molar-refractivity contribution is 5.92. The van der Waals surface area contributed by atoms with Crippen LogP contribution in [0.1, 0.15) is 34.5 Å². The summed E-state index contributed by atoms with van der Waals surface area (Å²) in [6.07, 6.45) is 1.71. The number of hydrogen-bond donors (Lipinski definition) is 1. The first-order valence-electron chi connectivity index (χ1n) is 10.4. The second kappa shape index (κ2) is 9.22. The predicted octanol–water partition coefficient (Wildman–Crippen LogP) is 3.07. The number of carbonyl (C=O) groups is 1. The number of nitrogens with zero attached hydrogens (tertiary/aromatic N) is 3. The fourth-order valence-electron chi connectivity index (χ4n) is 3.86. The lowest BCUT2D eigenvalue weighted by Gasteiger charge is -2.32. The van der Waals surface area contributed by atoms with Crippen molar-refractivity contribution in [3.05, 3.63) is 93.7 Å². The summed E-state index contributed by atoms with van der Waals surface area (Å²) in [7, 11) is 0. The normalized spacial score (nSPS) is 15.0. The summed E-state index contributed by atoms with van der Waals surface area (Å²) in [4.78, 5) is 27.2. The Kier molecular flexibility index (Phi) is 6.23. The van der Waals surface area contributed by atoms with E-state index in [1.807, 2.05) is 0 Å². The number of rotatable bonds is 5. The van der Waals surface area contributed by atoms with Crippen molar-refractivity contribution in [1.82, 2.24) is 20.0 Å². The van der Waals surface area contributed by atoms with Gasteiger partial charge in [-0.25, -0.2) is 4.39 Å². The van der Waals surface area contributed by atoms with Crippen LogP contribution in [0.15, 0.2) is 65.5 Å². The number of likely N-dealkylation sites (tertiary alicyclic amines) is 1. The Hall–Kier alpha value is -3.32. The molecule has 0 aliphatic carbocycles. The molecule has 0 spiro atoms. The molecule has 2 heterocycles. The van der Waals surface area contributed by atoms with Crippen molar-refractivity contribution in [1.29, 1.82) is 0 Å². The Bertz CT molecular complexity index is 1120. The summed E-state index contributed by atoms with van der Waals surface area (Å²) in [5.74, 6) is -0.715. The molecule has 0 atom stereocenters. The van der Waals surface area contributed by atoms with Gasteiger partial charge in [0.2, 0.25) is 0 Å². The molecular formula is C24H25FN4O2. The fourth-order valence-corrected chi connectivity index (χ4v) is 3.86. The minimum atomic E-state index is -0.403. The van der Waals surface area contributed by atoms with E-state index in [4.69, 9.17) is 0 Å². The monoisotopic (exact) mass is 420 g/mol. The molecule has 0 unspecified atom stereocenters. The van der Waals surface area contributed by atoms with Gasteiger partial charge in [-0.15, -0.1) is 0 Å². The second-order valence-corrected chi connectivity index (χ2v) is 7.96. The second-order valence-electron chi connectivity index (χ2n) is 7.96. The number of piperidine rings is 1. The van der Waals surface area contributed by atoms with E-state index in [1.165, 1.54) is 47.5 Å². The predicted molar refractivity (Wildman–Crippen MR) is 117 cm³/mol. The van der Waals surface area contributed by atoms with E-state index in [1.54, 1.807) is 0 Å². The molecule has 3 aromatic rings. The number of aryl methyl sites for hydroxylation is 1. The van der Waals surface area contributed by atoms with Gasteiger partial charge < -0.3 is 5.32 Å². The van der Waals surface area contributed by atoms with Gasteiger partial charge in [0.25, 0.3) is 11.5 Å². The van der Waals surface area contributed by atoms with Gasteiger partial charge >= 0.3 is 0 Å². The highest BCUT2D eigenvalue weighted by Gasteiger charge is 2.22. The van der Waals surface area contributed by atoms with Crippen molar-refractivity contribution in [2.24, 2.45) is 0 Å². The third-order valence-electron chi connectivity index (χ3n) is 5.52. The summed E-state index contributed by atoms with van der Waals surface area (Å²) in [6, 6.07) is 16.7. The minimum absolute atomic E-state index is 0.0641. The lowest BCUT2D eigenvalue weighted by atomic mass is 10.0. The first-order chi connectivity index (χ1) is 15.0. The van der Waals surface area contributed by atoms with E-state index >= 15 is 0 Å². The number of amides is 1. The lowest BCUT2D eigenvalue weighted by Crippen LogP contribution is -2.44. The summed E-state index contributed by atoms with van der Waals surface area (Å²) < 4.78 is 14.3. The van der Waals surface area contributed by atoms with Gasteiger partial charge in [0.05, 0.1) is 5.69 Å². The number of nitrogens with one attached hydrogen (secondary N) is 1. The highest BCUT2D eigenvalue weighted by Crippen LogP contribution is 2.15. The van der Waals surface area contributed by atoms with Crippen molar-refractivity contribution < 1.29 is 9.18 Å². The zero-order chi connectivity index (χ0) is 21.8. The van der Waals surface area contributed by atoms with Crippen molar-refractivity contribution in [3.8, 4) is 5.69 Å². The maximum absolute atomic E-state index is 13.2. The van der Waals surface area contributed by atoms with Gasteiger partial charge in [-0.2, -0.15) is 9.78 Å². The summed E-state index contributed by atoms with van der Waals surface area (Å²) in [6.45, 7) is 4.81. The van der Waals surface area contributed by atoms with Crippen molar-refractivity contribution in [2.75, 3.05) is 13.1 Å². The van der Waals surface area contributed by atoms with Crippen molar-refractivity contribution in [3.63, 3.8) is 0 Å². The molecule has 7 heteroatoms. The Morgan fingerprint density at radius 2 is 1.84 bits per heavy atom. The van der Waals surface area contributed by atoms with Crippen LogP contribution in [0.4, 0.5) is 4.39 Å². The summed E-state index contributed by atoms with van der Waals surface area (Å²) in [5.41, 5.74) is 2.74. The Balaban J connectivity index is 1.36. The molecule has 6 nitrogen and oxygen atoms in total. The Labute approximate surface area is 180 Å². The standard InChI is InChI=1S/C24H25FN4O2/c1-17-3-2-4-18(15-17)16-28-13-11-20(12-14-28)26-24(31)22-9-10-23(30)29(27-22)21-7-5-19(25)6-8-21/h2-10,15,20H,11-14,16H2,1H3,(H,26,31). The molecular weight excluding hydrogens is 395 g/mol. The minimum Gasteiger partial charge on any atom is -0.348 e. The van der Waals surface area contributed by atoms with Gasteiger partial charge in [0.15, 0.2) is 0 Å². The van der Waals surface area contributed by atoms with Gasteiger partial charge in [-0.05, 0) is 55.7 Å². The van der Waals surface area contributed by atoms with Crippen LogP contribution >= 0.6 is 0 Å². The van der Waals surface area contributed by atoms with E-state index in [0.717, 1.165) is 37.2 Å². The van der Waals surface area contributed by atoms with Gasteiger partial charge in [-0.1, -0.05) is 29.8 Å². The molecule has 1 aromatic heterocycles. The first kappa shape index (κ1) is 20.9. The molecule has 31 heavy (non-hydrogen) atoms. The number of carbonyl (C=O) groups excluding carboxylic acids is 1. The van der Waals surface area contributed by atoms with Crippen LogP contribution in [0.25, 0.3) is 5.69 Å². The van der Waals surface area contributed by atoms with Crippen LogP contribution in [0, 0.1) is 12.7 Å². The van der Waals surface area contributed by atoms with E-state index in [2.05, 4.69) is 46.5 Å². The molecule has 2 aromatic carbocycles. The summed E-state index contributed by atoms with van der Waals surface area (Å²) >= 11 is 0. The number of aromatic nitrogens is 2. The van der Waals surface area contributed by atoms with E-state index in [0.29, 0.717) is 5.69 Å². The third kappa shape index (κ3) is 5.24. The van der Waals surface area contributed by atoms with Crippen LogP contribution < -0.4 is 10.9 Å². The first-order valence-corrected chi connectivity index (χ1v) is 10.4. The van der Waals surface area contributed by atoms with E-state index < -0.39 is 5.82 Å². The SMILES string of the molecule is Cc1cccc(CN2CCC(NC(=O)c3ccc(=O)n(-c4ccc(F)cc4)n3)CC2)c1.